The molecule has 1 rings (SSSR count). The fourth-order valence-electron chi connectivity index (χ4n) is 1.01. The molecule has 0 N–H and O–H groups in total. The fourth-order valence-corrected chi connectivity index (χ4v) is 1.01. The zero-order valence-corrected chi connectivity index (χ0v) is 7.38. The van der Waals surface area contributed by atoms with E-state index in [2.05, 4.69) is 6.58 Å². The van der Waals surface area contributed by atoms with Crippen LogP contribution >= 0.6 is 0 Å². The van der Waals surface area contributed by atoms with Crippen molar-refractivity contribution in [2.75, 3.05) is 13.2 Å². The van der Waals surface area contributed by atoms with Crippen molar-refractivity contribution in [2.24, 2.45) is 0 Å². The lowest BCUT2D eigenvalue weighted by Gasteiger charge is -2.04. The predicted molar refractivity (Wildman–Crippen MR) is 48.6 cm³/mol. The van der Waals surface area contributed by atoms with Crippen LogP contribution in [-0.4, -0.2) is 13.2 Å². The van der Waals surface area contributed by atoms with Gasteiger partial charge in [0.1, 0.15) is 0 Å². The largest absolute Gasteiger partial charge is 0.490 e. The highest BCUT2D eigenvalue weighted by molar-refractivity contribution is 5.23. The van der Waals surface area contributed by atoms with Crippen LogP contribution < -0.4 is 0 Å². The molecule has 0 aliphatic carbocycles. The number of allylic oxidation sites excluding steroid dienone is 3. The lowest BCUT2D eigenvalue weighted by molar-refractivity contribution is 0.214. The summed E-state index contributed by atoms with van der Waals surface area (Å²) < 4.78 is 10.8. The van der Waals surface area contributed by atoms with Crippen LogP contribution in [0.2, 0.25) is 0 Å². The van der Waals surface area contributed by atoms with Gasteiger partial charge in [-0.1, -0.05) is 12.7 Å². The van der Waals surface area contributed by atoms with E-state index in [4.69, 9.17) is 9.47 Å². The Balaban J connectivity index is 2.81. The van der Waals surface area contributed by atoms with Gasteiger partial charge in [0.2, 0.25) is 0 Å². The summed E-state index contributed by atoms with van der Waals surface area (Å²) >= 11 is 0. The van der Waals surface area contributed by atoms with E-state index in [9.17, 15) is 0 Å². The Morgan fingerprint density at radius 3 is 2.50 bits per heavy atom. The van der Waals surface area contributed by atoms with Crippen molar-refractivity contribution in [2.45, 2.75) is 13.3 Å². The molecule has 12 heavy (non-hydrogen) atoms. The van der Waals surface area contributed by atoms with E-state index in [1.54, 1.807) is 6.08 Å². The van der Waals surface area contributed by atoms with Gasteiger partial charge in [0, 0.05) is 6.42 Å². The Morgan fingerprint density at radius 1 is 1.25 bits per heavy atom. The molecule has 0 saturated heterocycles. The first kappa shape index (κ1) is 8.91. The van der Waals surface area contributed by atoms with Gasteiger partial charge in [-0.2, -0.15) is 0 Å². The molecule has 0 atom stereocenters. The van der Waals surface area contributed by atoms with Crippen molar-refractivity contribution < 1.29 is 9.47 Å². The van der Waals surface area contributed by atoms with Gasteiger partial charge >= 0.3 is 0 Å². The Labute approximate surface area is 73.2 Å². The van der Waals surface area contributed by atoms with Crippen LogP contribution in [0.15, 0.2) is 36.3 Å². The minimum atomic E-state index is 0.711. The molecule has 0 fully saturated rings. The van der Waals surface area contributed by atoms with E-state index in [-0.39, 0.29) is 0 Å². The van der Waals surface area contributed by atoms with Crippen molar-refractivity contribution >= 4 is 0 Å². The fraction of sp³-hybridized carbons (Fsp3) is 0.400. The molecule has 1 heterocycles. The summed E-state index contributed by atoms with van der Waals surface area (Å²) in [7, 11) is 0. The van der Waals surface area contributed by atoms with Crippen LogP contribution in [0.1, 0.15) is 13.3 Å². The van der Waals surface area contributed by atoms with Crippen molar-refractivity contribution in [1.82, 2.24) is 0 Å². The molecule has 66 valence electrons. The van der Waals surface area contributed by atoms with Crippen molar-refractivity contribution in [3.05, 3.63) is 36.3 Å². The zero-order valence-electron chi connectivity index (χ0n) is 7.38. The van der Waals surface area contributed by atoms with E-state index in [0.717, 1.165) is 24.5 Å². The summed E-state index contributed by atoms with van der Waals surface area (Å²) in [5.41, 5.74) is 0. The molecular weight excluding hydrogens is 152 g/mol. The lowest BCUT2D eigenvalue weighted by atomic mass is 10.3. The molecule has 0 unspecified atom stereocenters. The topological polar surface area (TPSA) is 18.5 Å². The number of rotatable bonds is 2. The molecular formula is C10H14O2. The molecule has 0 amide bonds. The molecule has 2 heteroatoms. The maximum atomic E-state index is 5.44. The highest BCUT2D eigenvalue weighted by Crippen LogP contribution is 2.15. The van der Waals surface area contributed by atoms with Gasteiger partial charge in [-0.25, -0.2) is 0 Å². The average molecular weight is 166 g/mol. The molecule has 0 saturated carbocycles. The van der Waals surface area contributed by atoms with Gasteiger partial charge in [-0.15, -0.1) is 0 Å². The standard InChI is InChI=1S/C10H14O2/c1-3-6-10-9(4-2)11-7-5-8-12-10/h3-4,6H,2,5,7-8H2,1H3/b6-3-. The van der Waals surface area contributed by atoms with Gasteiger partial charge < -0.3 is 9.47 Å². The Kier molecular flexibility index (Phi) is 3.45. The molecule has 0 bridgehead atoms. The van der Waals surface area contributed by atoms with E-state index in [0.29, 0.717) is 6.61 Å². The van der Waals surface area contributed by atoms with Gasteiger partial charge in [0.05, 0.1) is 13.2 Å². The third-order valence-electron chi connectivity index (χ3n) is 1.55. The highest BCUT2D eigenvalue weighted by Gasteiger charge is 2.07. The normalized spacial score (nSPS) is 18.4. The molecule has 0 aromatic carbocycles. The highest BCUT2D eigenvalue weighted by atomic mass is 16.5. The second-order valence-electron chi connectivity index (χ2n) is 2.48. The predicted octanol–water partition coefficient (Wildman–Crippen LogP) is 2.40. The first-order valence-corrected chi connectivity index (χ1v) is 4.13. The van der Waals surface area contributed by atoms with Crippen molar-refractivity contribution in [1.29, 1.82) is 0 Å². The second kappa shape index (κ2) is 4.65. The quantitative estimate of drug-likeness (QED) is 0.627. The molecule has 2 nitrogen and oxygen atoms in total. The van der Waals surface area contributed by atoms with E-state index in [1.165, 1.54) is 0 Å². The first-order chi connectivity index (χ1) is 5.88. The molecule has 0 radical (unpaired) electrons. The van der Waals surface area contributed by atoms with E-state index < -0.39 is 0 Å². The smallest absolute Gasteiger partial charge is 0.160 e. The molecule has 1 aliphatic heterocycles. The Bertz CT molecular complexity index is 214. The third-order valence-corrected chi connectivity index (χ3v) is 1.55. The first-order valence-electron chi connectivity index (χ1n) is 4.13. The van der Waals surface area contributed by atoms with E-state index in [1.807, 2.05) is 19.1 Å². The summed E-state index contributed by atoms with van der Waals surface area (Å²) in [5, 5.41) is 0. The van der Waals surface area contributed by atoms with Crippen LogP contribution in [-0.2, 0) is 9.47 Å². The van der Waals surface area contributed by atoms with E-state index >= 15 is 0 Å². The van der Waals surface area contributed by atoms with Gasteiger partial charge in [-0.3, -0.25) is 0 Å². The number of hydrogen-bond donors (Lipinski definition) is 0. The van der Waals surface area contributed by atoms with Crippen molar-refractivity contribution in [3.63, 3.8) is 0 Å². The SMILES string of the molecule is C=CC1=C(/C=C\C)OCCCO1. The summed E-state index contributed by atoms with van der Waals surface area (Å²) in [4.78, 5) is 0. The monoisotopic (exact) mass is 166 g/mol. The average Bonchev–Trinajstić information content (AvgIpc) is 2.30. The van der Waals surface area contributed by atoms with Crippen molar-refractivity contribution in [3.8, 4) is 0 Å². The van der Waals surface area contributed by atoms with Crippen LogP contribution in [0.3, 0.4) is 0 Å². The minimum Gasteiger partial charge on any atom is -0.490 e. The van der Waals surface area contributed by atoms with Crippen LogP contribution in [0.25, 0.3) is 0 Å². The summed E-state index contributed by atoms with van der Waals surface area (Å²) in [6, 6.07) is 0. The molecule has 0 spiro atoms. The zero-order chi connectivity index (χ0) is 8.81. The van der Waals surface area contributed by atoms with Crippen LogP contribution in [0, 0.1) is 0 Å². The maximum Gasteiger partial charge on any atom is 0.160 e. The Morgan fingerprint density at radius 2 is 1.92 bits per heavy atom. The van der Waals surface area contributed by atoms with Gasteiger partial charge in [-0.05, 0) is 19.1 Å². The minimum absolute atomic E-state index is 0.711. The Hall–Kier alpha value is -1.18. The number of ether oxygens (including phenoxy) is 2. The summed E-state index contributed by atoms with van der Waals surface area (Å²) in [6.07, 6.45) is 6.43. The van der Waals surface area contributed by atoms with Crippen LogP contribution in [0.4, 0.5) is 0 Å². The third kappa shape index (κ3) is 2.16. The second-order valence-corrected chi connectivity index (χ2v) is 2.48. The maximum absolute atomic E-state index is 5.44. The summed E-state index contributed by atoms with van der Waals surface area (Å²) in [5.74, 6) is 1.52. The number of hydrogen-bond acceptors (Lipinski definition) is 2. The molecule has 0 aromatic heterocycles. The molecule has 0 aromatic rings. The van der Waals surface area contributed by atoms with Gasteiger partial charge in [0.15, 0.2) is 11.5 Å². The summed E-state index contributed by atoms with van der Waals surface area (Å²) in [6.45, 7) is 7.04. The van der Waals surface area contributed by atoms with Gasteiger partial charge in [0.25, 0.3) is 0 Å². The molecule has 1 aliphatic rings. The lowest BCUT2D eigenvalue weighted by Crippen LogP contribution is -1.91. The van der Waals surface area contributed by atoms with Crippen LogP contribution in [0.5, 0.6) is 0 Å².